The number of hydrogen-bond acceptors (Lipinski definition) is 5. The van der Waals surface area contributed by atoms with Crippen molar-refractivity contribution in [3.63, 3.8) is 0 Å². The Morgan fingerprint density at radius 3 is 2.30 bits per heavy atom. The molecule has 0 aliphatic carbocycles. The summed E-state index contributed by atoms with van der Waals surface area (Å²) in [5, 5.41) is 0. The maximum absolute atomic E-state index is 13.1. The lowest BCUT2D eigenvalue weighted by Crippen LogP contribution is -2.40. The van der Waals surface area contributed by atoms with Crippen molar-refractivity contribution in [1.82, 2.24) is 9.21 Å². The van der Waals surface area contributed by atoms with Crippen LogP contribution in [0.4, 0.5) is 0 Å². The molecule has 2 fully saturated rings. The largest absolute Gasteiger partial charge is 0.497 e. The Balaban J connectivity index is 1.51. The summed E-state index contributed by atoms with van der Waals surface area (Å²) < 4.78 is 37.4. The molecule has 1 atom stereocenters. The number of likely N-dealkylation sites (tertiary alicyclic amines) is 1. The van der Waals surface area contributed by atoms with E-state index >= 15 is 0 Å². The van der Waals surface area contributed by atoms with Gasteiger partial charge in [0, 0.05) is 25.2 Å². The van der Waals surface area contributed by atoms with Gasteiger partial charge in [0.1, 0.15) is 5.75 Å². The van der Waals surface area contributed by atoms with Crippen molar-refractivity contribution in [2.45, 2.75) is 23.8 Å². The molecule has 7 nitrogen and oxygen atoms in total. The second-order valence-corrected chi connectivity index (χ2v) is 9.41. The number of carbonyl (C=O) groups excluding carboxylic acids is 1. The van der Waals surface area contributed by atoms with Crippen molar-refractivity contribution in [3.05, 3.63) is 59.7 Å². The van der Waals surface area contributed by atoms with Crippen LogP contribution in [0.15, 0.2) is 53.4 Å². The first kappa shape index (κ1) is 20.8. The van der Waals surface area contributed by atoms with Gasteiger partial charge in [-0.2, -0.15) is 4.31 Å². The molecule has 2 aromatic rings. The molecule has 160 valence electrons. The predicted molar refractivity (Wildman–Crippen MR) is 112 cm³/mol. The van der Waals surface area contributed by atoms with E-state index in [4.69, 9.17) is 9.47 Å². The minimum atomic E-state index is -3.57. The second kappa shape index (κ2) is 8.75. The van der Waals surface area contributed by atoms with Crippen LogP contribution in [0.3, 0.4) is 0 Å². The normalized spacial score (nSPS) is 20.3. The predicted octanol–water partition coefficient (Wildman–Crippen LogP) is 2.69. The van der Waals surface area contributed by atoms with Crippen LogP contribution in [0.5, 0.6) is 5.75 Å². The minimum absolute atomic E-state index is 0.0140. The van der Waals surface area contributed by atoms with E-state index in [0.29, 0.717) is 38.4 Å². The van der Waals surface area contributed by atoms with Crippen molar-refractivity contribution < 1.29 is 22.7 Å². The SMILES string of the molecule is COc1ccc(C2CCCN2C(=O)c2ccc(S(=O)(=O)N3CCOCC3)cc2)cc1. The molecule has 0 radical (unpaired) electrons. The molecule has 2 heterocycles. The first-order valence-corrected chi connectivity index (χ1v) is 11.6. The van der Waals surface area contributed by atoms with Gasteiger partial charge in [0.2, 0.25) is 10.0 Å². The van der Waals surface area contributed by atoms with Crippen LogP contribution in [0.2, 0.25) is 0 Å². The molecule has 0 saturated carbocycles. The molecule has 2 aromatic carbocycles. The quantitative estimate of drug-likeness (QED) is 0.729. The third kappa shape index (κ3) is 4.08. The minimum Gasteiger partial charge on any atom is -0.497 e. The van der Waals surface area contributed by atoms with Crippen LogP contribution in [-0.4, -0.2) is 63.5 Å². The van der Waals surface area contributed by atoms with Gasteiger partial charge in [-0.25, -0.2) is 8.42 Å². The van der Waals surface area contributed by atoms with Crippen molar-refractivity contribution in [3.8, 4) is 5.75 Å². The van der Waals surface area contributed by atoms with Crippen LogP contribution < -0.4 is 4.74 Å². The summed E-state index contributed by atoms with van der Waals surface area (Å²) in [6.07, 6.45) is 1.84. The van der Waals surface area contributed by atoms with Gasteiger partial charge >= 0.3 is 0 Å². The smallest absolute Gasteiger partial charge is 0.254 e. The number of ether oxygens (including phenoxy) is 2. The van der Waals surface area contributed by atoms with Crippen molar-refractivity contribution >= 4 is 15.9 Å². The first-order chi connectivity index (χ1) is 14.5. The number of nitrogens with zero attached hydrogens (tertiary/aromatic N) is 2. The first-order valence-electron chi connectivity index (χ1n) is 10.1. The zero-order valence-corrected chi connectivity index (χ0v) is 17.8. The fourth-order valence-corrected chi connectivity index (χ4v) is 5.46. The van der Waals surface area contributed by atoms with Gasteiger partial charge in [-0.15, -0.1) is 0 Å². The van der Waals surface area contributed by atoms with E-state index in [1.807, 2.05) is 29.2 Å². The third-order valence-electron chi connectivity index (χ3n) is 5.72. The maximum Gasteiger partial charge on any atom is 0.254 e. The van der Waals surface area contributed by atoms with Crippen LogP contribution in [0, 0.1) is 0 Å². The standard InChI is InChI=1S/C22H26N2O5S/c1-28-19-8-4-17(5-9-19)21-3-2-12-24(21)22(25)18-6-10-20(11-7-18)30(26,27)23-13-15-29-16-14-23/h4-11,21H,2-3,12-16H2,1H3. The molecule has 0 bridgehead atoms. The lowest BCUT2D eigenvalue weighted by atomic mass is 10.0. The summed E-state index contributed by atoms with van der Waals surface area (Å²) in [5.41, 5.74) is 1.57. The molecule has 2 aliphatic rings. The molecule has 0 spiro atoms. The van der Waals surface area contributed by atoms with Gasteiger partial charge < -0.3 is 14.4 Å². The molecule has 8 heteroatoms. The zero-order chi connectivity index (χ0) is 21.1. The number of benzene rings is 2. The summed E-state index contributed by atoms with van der Waals surface area (Å²) in [7, 11) is -1.94. The summed E-state index contributed by atoms with van der Waals surface area (Å²) in [4.78, 5) is 15.2. The molecular weight excluding hydrogens is 404 g/mol. The van der Waals surface area contributed by atoms with Gasteiger partial charge in [-0.3, -0.25) is 4.79 Å². The number of sulfonamides is 1. The molecule has 0 N–H and O–H groups in total. The topological polar surface area (TPSA) is 76.2 Å². The van der Waals surface area contributed by atoms with Crippen LogP contribution in [0.1, 0.15) is 34.8 Å². The lowest BCUT2D eigenvalue weighted by Gasteiger charge is -2.27. The molecular formula is C22H26N2O5S. The van der Waals surface area contributed by atoms with Crippen molar-refractivity contribution in [1.29, 1.82) is 0 Å². The summed E-state index contributed by atoms with van der Waals surface area (Å²) in [6, 6.07) is 14.1. The second-order valence-electron chi connectivity index (χ2n) is 7.47. The molecule has 2 aliphatic heterocycles. The summed E-state index contributed by atoms with van der Waals surface area (Å²) in [6.45, 7) is 2.18. The van der Waals surface area contributed by atoms with Crippen LogP contribution in [0.25, 0.3) is 0 Å². The van der Waals surface area contributed by atoms with Crippen LogP contribution >= 0.6 is 0 Å². The highest BCUT2D eigenvalue weighted by atomic mass is 32.2. The molecule has 30 heavy (non-hydrogen) atoms. The number of methoxy groups -OCH3 is 1. The molecule has 2 saturated heterocycles. The van der Waals surface area contributed by atoms with Gasteiger partial charge in [-0.1, -0.05) is 12.1 Å². The Kier molecular flexibility index (Phi) is 6.08. The number of amides is 1. The van der Waals surface area contributed by atoms with E-state index in [0.717, 1.165) is 24.2 Å². The van der Waals surface area contributed by atoms with Crippen molar-refractivity contribution in [2.24, 2.45) is 0 Å². The highest BCUT2D eigenvalue weighted by Crippen LogP contribution is 2.34. The highest BCUT2D eigenvalue weighted by Gasteiger charge is 2.31. The van der Waals surface area contributed by atoms with E-state index in [2.05, 4.69) is 0 Å². The van der Waals surface area contributed by atoms with Crippen molar-refractivity contribution in [2.75, 3.05) is 40.0 Å². The Morgan fingerprint density at radius 1 is 1.00 bits per heavy atom. The molecule has 1 amide bonds. The van der Waals surface area contributed by atoms with E-state index in [1.54, 1.807) is 19.2 Å². The maximum atomic E-state index is 13.1. The van der Waals surface area contributed by atoms with Gasteiger partial charge in [0.05, 0.1) is 31.3 Å². The number of carbonyl (C=O) groups is 1. The fraction of sp³-hybridized carbons (Fsp3) is 0.409. The zero-order valence-electron chi connectivity index (χ0n) is 17.0. The average molecular weight is 431 g/mol. The van der Waals surface area contributed by atoms with Gasteiger partial charge in [0.15, 0.2) is 0 Å². The monoisotopic (exact) mass is 430 g/mol. The number of hydrogen-bond donors (Lipinski definition) is 0. The van der Waals surface area contributed by atoms with Gasteiger partial charge in [-0.05, 0) is 54.8 Å². The van der Waals surface area contributed by atoms with Gasteiger partial charge in [0.25, 0.3) is 5.91 Å². The average Bonchev–Trinajstić information content (AvgIpc) is 3.29. The van der Waals surface area contributed by atoms with E-state index in [-0.39, 0.29) is 16.8 Å². The Hall–Kier alpha value is -2.42. The number of rotatable bonds is 5. The molecule has 1 unspecified atom stereocenters. The molecule has 4 rings (SSSR count). The van der Waals surface area contributed by atoms with E-state index in [9.17, 15) is 13.2 Å². The lowest BCUT2D eigenvalue weighted by molar-refractivity contribution is 0.0730. The summed E-state index contributed by atoms with van der Waals surface area (Å²) in [5.74, 6) is 0.704. The summed E-state index contributed by atoms with van der Waals surface area (Å²) >= 11 is 0. The highest BCUT2D eigenvalue weighted by molar-refractivity contribution is 7.89. The van der Waals surface area contributed by atoms with E-state index in [1.165, 1.54) is 16.4 Å². The van der Waals surface area contributed by atoms with Crippen LogP contribution in [-0.2, 0) is 14.8 Å². The molecule has 0 aromatic heterocycles. The third-order valence-corrected chi connectivity index (χ3v) is 7.64. The van der Waals surface area contributed by atoms with E-state index < -0.39 is 10.0 Å². The fourth-order valence-electron chi connectivity index (χ4n) is 4.05. The Bertz CT molecular complexity index is 983. The number of morpholine rings is 1. The Morgan fingerprint density at radius 2 is 1.67 bits per heavy atom. The Labute approximate surface area is 177 Å².